The summed E-state index contributed by atoms with van der Waals surface area (Å²) in [6.07, 6.45) is 23.6. The number of unbranched alkanes of at least 4 members (excludes halogenated alkanes) is 15. The molecular formula is C34H60O2Si. The number of hydrogen-bond donors (Lipinski definition) is 0. The molecule has 0 heterocycles. The minimum Gasteiger partial charge on any atom is -0.458 e. The number of hydrogen-bond acceptors (Lipinski definition) is 2. The van der Waals surface area contributed by atoms with Gasteiger partial charge < -0.3 is 4.74 Å². The zero-order chi connectivity index (χ0) is 27.0. The molecule has 0 saturated carbocycles. The fraction of sp³-hybridized carbons (Fsp3) is 0.735. The first-order chi connectivity index (χ1) is 18.1. The van der Waals surface area contributed by atoms with Crippen LogP contribution in [0.1, 0.15) is 142 Å². The van der Waals surface area contributed by atoms with E-state index in [1.165, 1.54) is 134 Å². The number of carbonyl (C=O) groups is 1. The summed E-state index contributed by atoms with van der Waals surface area (Å²) in [5.41, 5.74) is 1.05. The van der Waals surface area contributed by atoms with Gasteiger partial charge in [-0.2, -0.15) is 0 Å². The van der Waals surface area contributed by atoms with Gasteiger partial charge in [0.25, 0.3) is 0 Å². The maximum absolute atomic E-state index is 13.4. The van der Waals surface area contributed by atoms with Crippen LogP contribution in [0, 0.1) is 0 Å². The fourth-order valence-corrected chi connectivity index (χ4v) is 10.5. The molecule has 0 aliphatic carbocycles. The summed E-state index contributed by atoms with van der Waals surface area (Å²) in [5, 5.41) is 0.888. The van der Waals surface area contributed by atoms with Gasteiger partial charge >= 0.3 is 5.97 Å². The van der Waals surface area contributed by atoms with E-state index >= 15 is 0 Å². The van der Waals surface area contributed by atoms with Crippen LogP contribution in [-0.2, 0) is 16.1 Å². The van der Waals surface area contributed by atoms with Crippen molar-refractivity contribution in [2.45, 2.75) is 161 Å². The van der Waals surface area contributed by atoms with Crippen LogP contribution in [0.5, 0.6) is 0 Å². The molecular weight excluding hydrogens is 468 g/mol. The molecule has 1 aromatic rings. The Hall–Kier alpha value is -1.35. The molecule has 0 fully saturated rings. The number of esters is 1. The molecule has 3 heteroatoms. The van der Waals surface area contributed by atoms with Gasteiger partial charge in [0.15, 0.2) is 0 Å². The third kappa shape index (κ3) is 15.6. The summed E-state index contributed by atoms with van der Waals surface area (Å²) < 4.78 is 5.87. The summed E-state index contributed by atoms with van der Waals surface area (Å²) in [6.45, 7) is 11.7. The third-order valence-corrected chi connectivity index (χ3v) is 13.5. The minimum absolute atomic E-state index is 0.113. The van der Waals surface area contributed by atoms with E-state index in [4.69, 9.17) is 4.74 Å². The molecule has 0 bridgehead atoms. The second-order valence-corrected chi connectivity index (χ2v) is 16.0. The Bertz CT molecular complexity index is 644. The predicted molar refractivity (Wildman–Crippen MR) is 166 cm³/mol. The van der Waals surface area contributed by atoms with Gasteiger partial charge in [-0.15, -0.1) is 0 Å². The molecule has 212 valence electrons. The molecule has 0 aliphatic rings. The SMILES string of the molecule is C=C(C(=O)OCc1ccccc1)[Si](CCCCCCCC)(CCCCCCCC)CCCCCCCC. The van der Waals surface area contributed by atoms with Gasteiger partial charge in [-0.3, -0.25) is 0 Å². The molecule has 0 aliphatic heterocycles. The van der Waals surface area contributed by atoms with Crippen molar-refractivity contribution >= 4 is 14.0 Å². The van der Waals surface area contributed by atoms with Gasteiger partial charge in [0.05, 0.1) is 8.07 Å². The van der Waals surface area contributed by atoms with Crippen molar-refractivity contribution in [3.8, 4) is 0 Å². The van der Waals surface area contributed by atoms with Crippen molar-refractivity contribution < 1.29 is 9.53 Å². The zero-order valence-electron chi connectivity index (χ0n) is 25.0. The molecule has 2 nitrogen and oxygen atoms in total. The van der Waals surface area contributed by atoms with E-state index in [1.54, 1.807) is 0 Å². The molecule has 0 amide bonds. The summed E-state index contributed by atoms with van der Waals surface area (Å²) in [5.74, 6) is -0.113. The smallest absolute Gasteiger partial charge is 0.329 e. The number of ether oxygens (including phenoxy) is 1. The lowest BCUT2D eigenvalue weighted by Gasteiger charge is -2.33. The van der Waals surface area contributed by atoms with Crippen molar-refractivity contribution in [2.75, 3.05) is 0 Å². The van der Waals surface area contributed by atoms with Crippen molar-refractivity contribution in [2.24, 2.45) is 0 Å². The standard InChI is InChI=1S/C34H60O2Si/c1-5-8-11-14-17-23-28-37(29-24-18-15-12-9-6-2,30-25-19-16-13-10-7-3)32(4)34(35)36-31-33-26-21-20-22-27-33/h20-22,26-27H,4-19,23-25,28-31H2,1-3H3. The third-order valence-electron chi connectivity index (χ3n) is 8.13. The molecule has 0 spiro atoms. The fourth-order valence-electron chi connectivity index (χ4n) is 5.59. The van der Waals surface area contributed by atoms with Crippen molar-refractivity contribution in [3.05, 3.63) is 47.7 Å². The minimum atomic E-state index is -1.97. The van der Waals surface area contributed by atoms with Gasteiger partial charge in [0, 0.05) is 5.20 Å². The van der Waals surface area contributed by atoms with Crippen LogP contribution in [0.3, 0.4) is 0 Å². The second kappa shape index (κ2) is 22.6. The van der Waals surface area contributed by atoms with E-state index < -0.39 is 8.07 Å². The van der Waals surface area contributed by atoms with Gasteiger partial charge in [-0.1, -0.05) is 191 Å². The van der Waals surface area contributed by atoms with E-state index in [-0.39, 0.29) is 5.97 Å². The largest absolute Gasteiger partial charge is 0.458 e. The average Bonchev–Trinajstić information content (AvgIpc) is 2.92. The summed E-state index contributed by atoms with van der Waals surface area (Å²) >= 11 is 0. The highest BCUT2D eigenvalue weighted by Crippen LogP contribution is 2.36. The lowest BCUT2D eigenvalue weighted by molar-refractivity contribution is -0.139. The number of benzene rings is 1. The Morgan fingerprint density at radius 1 is 0.622 bits per heavy atom. The lowest BCUT2D eigenvalue weighted by Crippen LogP contribution is -2.40. The van der Waals surface area contributed by atoms with Crippen LogP contribution < -0.4 is 0 Å². The summed E-state index contributed by atoms with van der Waals surface area (Å²) in [6, 6.07) is 13.8. The van der Waals surface area contributed by atoms with Gasteiger partial charge in [0.1, 0.15) is 6.61 Å². The summed E-state index contributed by atoms with van der Waals surface area (Å²) in [7, 11) is -1.97. The van der Waals surface area contributed by atoms with E-state index in [9.17, 15) is 4.79 Å². The lowest BCUT2D eigenvalue weighted by atomic mass is 10.1. The van der Waals surface area contributed by atoms with Crippen LogP contribution >= 0.6 is 0 Å². The van der Waals surface area contributed by atoms with Crippen LogP contribution in [-0.4, -0.2) is 14.0 Å². The number of rotatable bonds is 25. The first-order valence-electron chi connectivity index (χ1n) is 16.0. The molecule has 0 unspecified atom stereocenters. The Kier molecular flexibility index (Phi) is 20.6. The predicted octanol–water partition coefficient (Wildman–Crippen LogP) is 11.4. The monoisotopic (exact) mass is 528 g/mol. The highest BCUT2D eigenvalue weighted by atomic mass is 28.3. The maximum atomic E-state index is 13.4. The Morgan fingerprint density at radius 2 is 1.00 bits per heavy atom. The van der Waals surface area contributed by atoms with Gasteiger partial charge in [-0.05, 0) is 5.56 Å². The zero-order valence-corrected chi connectivity index (χ0v) is 26.0. The van der Waals surface area contributed by atoms with Crippen molar-refractivity contribution in [1.29, 1.82) is 0 Å². The molecule has 1 rings (SSSR count). The van der Waals surface area contributed by atoms with Crippen molar-refractivity contribution in [3.63, 3.8) is 0 Å². The Morgan fingerprint density at radius 3 is 1.41 bits per heavy atom. The molecule has 0 radical (unpaired) electrons. The van der Waals surface area contributed by atoms with Crippen LogP contribution in [0.15, 0.2) is 42.1 Å². The second-order valence-electron chi connectivity index (χ2n) is 11.4. The van der Waals surface area contributed by atoms with E-state index in [0.717, 1.165) is 10.8 Å². The Labute approximate surface area is 232 Å². The van der Waals surface area contributed by atoms with Crippen LogP contribution in [0.25, 0.3) is 0 Å². The topological polar surface area (TPSA) is 26.3 Å². The van der Waals surface area contributed by atoms with E-state index in [1.807, 2.05) is 30.3 Å². The molecule has 0 saturated heterocycles. The molecule has 37 heavy (non-hydrogen) atoms. The normalized spacial score (nSPS) is 11.5. The summed E-state index contributed by atoms with van der Waals surface area (Å²) in [4.78, 5) is 13.4. The number of carbonyl (C=O) groups excluding carboxylic acids is 1. The highest BCUT2D eigenvalue weighted by molar-refractivity contribution is 6.90. The van der Waals surface area contributed by atoms with Crippen molar-refractivity contribution in [1.82, 2.24) is 0 Å². The van der Waals surface area contributed by atoms with Gasteiger partial charge in [0.2, 0.25) is 0 Å². The maximum Gasteiger partial charge on any atom is 0.329 e. The average molecular weight is 529 g/mol. The van der Waals surface area contributed by atoms with Gasteiger partial charge in [-0.25, -0.2) is 4.79 Å². The molecule has 0 N–H and O–H groups in total. The van der Waals surface area contributed by atoms with E-state index in [0.29, 0.717) is 6.61 Å². The van der Waals surface area contributed by atoms with Crippen LogP contribution in [0.4, 0.5) is 0 Å². The van der Waals surface area contributed by atoms with Crippen LogP contribution in [0.2, 0.25) is 18.1 Å². The van der Waals surface area contributed by atoms with E-state index in [2.05, 4.69) is 27.4 Å². The molecule has 0 aromatic heterocycles. The Balaban J connectivity index is 2.88. The quantitative estimate of drug-likeness (QED) is 0.0546. The molecule has 1 aromatic carbocycles. The highest BCUT2D eigenvalue weighted by Gasteiger charge is 2.38. The first kappa shape index (κ1) is 33.7. The molecule has 0 atom stereocenters. The first-order valence-corrected chi connectivity index (χ1v) is 18.6.